The van der Waals surface area contributed by atoms with E-state index in [1.807, 2.05) is 18.2 Å². The first-order chi connectivity index (χ1) is 7.25. The average molecular weight is 205 g/mol. The Morgan fingerprint density at radius 2 is 1.87 bits per heavy atom. The summed E-state index contributed by atoms with van der Waals surface area (Å²) in [7, 11) is 0. The van der Waals surface area contributed by atoms with Gasteiger partial charge in [0.1, 0.15) is 0 Å². The number of hydrogen-bond acceptors (Lipinski definition) is 1. The molecule has 0 bridgehead atoms. The van der Waals surface area contributed by atoms with E-state index in [2.05, 4.69) is 4.98 Å². The van der Waals surface area contributed by atoms with Crippen LogP contribution in [-0.2, 0) is 6.42 Å². The number of rotatable bonds is 2. The Kier molecular flexibility index (Phi) is 2.72. The number of hydrogen-bond donors (Lipinski definition) is 0. The molecule has 2 rings (SSSR count). The van der Waals surface area contributed by atoms with Gasteiger partial charge in [0.25, 0.3) is 0 Å². The van der Waals surface area contributed by atoms with Gasteiger partial charge in [-0.05, 0) is 29.8 Å². The van der Waals surface area contributed by atoms with Crippen molar-refractivity contribution >= 4 is 0 Å². The van der Waals surface area contributed by atoms with Crippen LogP contribution in [0.3, 0.4) is 0 Å². The maximum absolute atomic E-state index is 12.9. The molecule has 0 radical (unpaired) electrons. The summed E-state index contributed by atoms with van der Waals surface area (Å²) in [5.74, 6) is -1.64. The van der Waals surface area contributed by atoms with Crippen molar-refractivity contribution in [1.29, 1.82) is 0 Å². The quantitative estimate of drug-likeness (QED) is 0.734. The van der Waals surface area contributed by atoms with E-state index in [-0.39, 0.29) is 0 Å². The maximum atomic E-state index is 12.9. The van der Waals surface area contributed by atoms with Gasteiger partial charge in [0, 0.05) is 18.3 Å². The number of nitrogens with zero attached hydrogens (tertiary/aromatic N) is 1. The monoisotopic (exact) mass is 205 g/mol. The third-order valence-electron chi connectivity index (χ3n) is 2.10. The smallest absolute Gasteiger partial charge is 0.159 e. The molecule has 0 aliphatic carbocycles. The van der Waals surface area contributed by atoms with Crippen LogP contribution in [0.1, 0.15) is 11.3 Å². The second-order valence-corrected chi connectivity index (χ2v) is 3.25. The van der Waals surface area contributed by atoms with Crippen LogP contribution in [0.25, 0.3) is 0 Å². The van der Waals surface area contributed by atoms with Crippen molar-refractivity contribution in [3.05, 3.63) is 65.5 Å². The largest absolute Gasteiger partial charge is 0.261 e. The molecule has 2 aromatic rings. The van der Waals surface area contributed by atoms with Crippen LogP contribution in [0.15, 0.2) is 42.6 Å². The Bertz CT molecular complexity index is 454. The molecule has 1 aromatic heterocycles. The van der Waals surface area contributed by atoms with Crippen molar-refractivity contribution in [2.45, 2.75) is 6.42 Å². The lowest BCUT2D eigenvalue weighted by molar-refractivity contribution is 0.507. The average Bonchev–Trinajstić information content (AvgIpc) is 2.25. The molecule has 1 heterocycles. The fourth-order valence-corrected chi connectivity index (χ4v) is 1.36. The fraction of sp³-hybridized carbons (Fsp3) is 0.0833. The molecule has 0 fully saturated rings. The van der Waals surface area contributed by atoms with Gasteiger partial charge in [0.15, 0.2) is 11.6 Å². The summed E-state index contributed by atoms with van der Waals surface area (Å²) < 4.78 is 25.5. The highest BCUT2D eigenvalue weighted by atomic mass is 19.2. The third kappa shape index (κ3) is 2.37. The normalized spacial score (nSPS) is 10.3. The molecule has 76 valence electrons. The summed E-state index contributed by atoms with van der Waals surface area (Å²) in [6.07, 6.45) is 2.19. The second-order valence-electron chi connectivity index (χ2n) is 3.25. The van der Waals surface area contributed by atoms with Crippen molar-refractivity contribution in [3.63, 3.8) is 0 Å². The number of pyridine rings is 1. The molecule has 0 amide bonds. The molecule has 0 N–H and O–H groups in total. The molecule has 0 atom stereocenters. The summed E-state index contributed by atoms with van der Waals surface area (Å²) >= 11 is 0. The number of halogens is 2. The standard InChI is InChI=1S/C12H9F2N/c13-11-5-4-9(8-12(11)14)7-10-3-1-2-6-15-10/h1-6,8H,7H2. The van der Waals surface area contributed by atoms with Crippen LogP contribution in [0.4, 0.5) is 8.78 Å². The Labute approximate surface area is 86.4 Å². The first kappa shape index (κ1) is 9.77. The van der Waals surface area contributed by atoms with E-state index in [0.717, 1.165) is 11.8 Å². The Balaban J connectivity index is 2.22. The van der Waals surface area contributed by atoms with Gasteiger partial charge >= 0.3 is 0 Å². The van der Waals surface area contributed by atoms with Gasteiger partial charge < -0.3 is 0 Å². The summed E-state index contributed by atoms with van der Waals surface area (Å²) in [4.78, 5) is 4.11. The molecule has 1 aromatic carbocycles. The molecule has 0 saturated heterocycles. The zero-order valence-electron chi connectivity index (χ0n) is 7.95. The van der Waals surface area contributed by atoms with Gasteiger partial charge in [-0.25, -0.2) is 8.78 Å². The molecular formula is C12H9F2N. The molecule has 0 saturated carbocycles. The van der Waals surface area contributed by atoms with Crippen LogP contribution in [0.5, 0.6) is 0 Å². The van der Waals surface area contributed by atoms with Crippen molar-refractivity contribution in [2.24, 2.45) is 0 Å². The lowest BCUT2D eigenvalue weighted by Crippen LogP contribution is -1.93. The van der Waals surface area contributed by atoms with Crippen molar-refractivity contribution in [3.8, 4) is 0 Å². The summed E-state index contributed by atoms with van der Waals surface area (Å²) in [6.45, 7) is 0. The summed E-state index contributed by atoms with van der Waals surface area (Å²) in [5, 5.41) is 0. The van der Waals surface area contributed by atoms with Gasteiger partial charge in [0.2, 0.25) is 0 Å². The molecular weight excluding hydrogens is 196 g/mol. The van der Waals surface area contributed by atoms with Crippen LogP contribution >= 0.6 is 0 Å². The predicted octanol–water partition coefficient (Wildman–Crippen LogP) is 2.95. The minimum absolute atomic E-state index is 0.512. The zero-order valence-corrected chi connectivity index (χ0v) is 7.95. The van der Waals surface area contributed by atoms with E-state index in [0.29, 0.717) is 12.0 Å². The highest BCUT2D eigenvalue weighted by Gasteiger charge is 2.03. The third-order valence-corrected chi connectivity index (χ3v) is 2.10. The Hall–Kier alpha value is -1.77. The van der Waals surface area contributed by atoms with Crippen LogP contribution in [0, 0.1) is 11.6 Å². The van der Waals surface area contributed by atoms with Gasteiger partial charge in [-0.3, -0.25) is 4.98 Å². The lowest BCUT2D eigenvalue weighted by Gasteiger charge is -2.01. The summed E-state index contributed by atoms with van der Waals surface area (Å²) in [6, 6.07) is 9.42. The van der Waals surface area contributed by atoms with Crippen LogP contribution < -0.4 is 0 Å². The van der Waals surface area contributed by atoms with Gasteiger partial charge in [0.05, 0.1) is 0 Å². The van der Waals surface area contributed by atoms with E-state index in [9.17, 15) is 8.78 Å². The highest BCUT2D eigenvalue weighted by Crippen LogP contribution is 2.11. The lowest BCUT2D eigenvalue weighted by atomic mass is 10.1. The van der Waals surface area contributed by atoms with E-state index in [1.165, 1.54) is 6.07 Å². The van der Waals surface area contributed by atoms with E-state index >= 15 is 0 Å². The van der Waals surface area contributed by atoms with E-state index in [4.69, 9.17) is 0 Å². The van der Waals surface area contributed by atoms with Crippen LogP contribution in [0.2, 0.25) is 0 Å². The van der Waals surface area contributed by atoms with E-state index in [1.54, 1.807) is 12.3 Å². The number of aromatic nitrogens is 1. The molecule has 3 heteroatoms. The Morgan fingerprint density at radius 1 is 1.00 bits per heavy atom. The molecule has 15 heavy (non-hydrogen) atoms. The predicted molar refractivity (Wildman–Crippen MR) is 53.4 cm³/mol. The number of benzene rings is 1. The molecule has 0 unspecified atom stereocenters. The topological polar surface area (TPSA) is 12.9 Å². The Morgan fingerprint density at radius 3 is 2.53 bits per heavy atom. The van der Waals surface area contributed by atoms with Crippen molar-refractivity contribution < 1.29 is 8.78 Å². The first-order valence-corrected chi connectivity index (χ1v) is 4.59. The van der Waals surface area contributed by atoms with Crippen molar-refractivity contribution in [1.82, 2.24) is 4.98 Å². The van der Waals surface area contributed by atoms with Gasteiger partial charge in [-0.2, -0.15) is 0 Å². The first-order valence-electron chi connectivity index (χ1n) is 4.59. The zero-order chi connectivity index (χ0) is 10.7. The highest BCUT2D eigenvalue weighted by molar-refractivity contribution is 5.23. The maximum Gasteiger partial charge on any atom is 0.159 e. The fourth-order valence-electron chi connectivity index (χ4n) is 1.36. The minimum Gasteiger partial charge on any atom is -0.261 e. The van der Waals surface area contributed by atoms with Gasteiger partial charge in [-0.15, -0.1) is 0 Å². The second kappa shape index (κ2) is 4.17. The summed E-state index contributed by atoms with van der Waals surface area (Å²) in [5.41, 5.74) is 1.55. The molecule has 1 nitrogen and oxygen atoms in total. The SMILES string of the molecule is Fc1ccc(Cc2ccccn2)cc1F. The molecule has 0 aliphatic heterocycles. The molecule has 0 spiro atoms. The van der Waals surface area contributed by atoms with Gasteiger partial charge in [-0.1, -0.05) is 12.1 Å². The minimum atomic E-state index is -0.820. The van der Waals surface area contributed by atoms with E-state index < -0.39 is 11.6 Å². The van der Waals surface area contributed by atoms with Crippen LogP contribution in [-0.4, -0.2) is 4.98 Å². The molecule has 0 aliphatic rings. The van der Waals surface area contributed by atoms with Crippen molar-refractivity contribution in [2.75, 3.05) is 0 Å².